The average molecular weight is 362 g/mol. The van der Waals surface area contributed by atoms with E-state index in [0.29, 0.717) is 11.5 Å². The van der Waals surface area contributed by atoms with Gasteiger partial charge in [-0.25, -0.2) is 4.79 Å². The lowest BCUT2D eigenvalue weighted by Gasteiger charge is -2.31. The second kappa shape index (κ2) is 9.35. The van der Waals surface area contributed by atoms with E-state index in [0.717, 1.165) is 25.9 Å². The van der Waals surface area contributed by atoms with Gasteiger partial charge in [0, 0.05) is 6.07 Å². The van der Waals surface area contributed by atoms with E-state index in [1.54, 1.807) is 12.9 Å². The Morgan fingerprint density at radius 3 is 2.73 bits per heavy atom. The van der Waals surface area contributed by atoms with Crippen LogP contribution in [0.4, 0.5) is 5.69 Å². The van der Waals surface area contributed by atoms with Crippen LogP contribution in [0.5, 0.6) is 5.75 Å². The Hall–Kier alpha value is -2.39. The maximum absolute atomic E-state index is 11.3. The van der Waals surface area contributed by atoms with Crippen molar-refractivity contribution in [3.8, 4) is 5.75 Å². The standard InChI is InChI=1S/C17H23BN2O6/c1-18(22)19-9-7-13(8-10-19)3-4-14-5-6-16(15(11-14)20(23)24)26-12-17(21)25-2/h3-6,11,13,22H,7-10,12H2,1-2H3. The molecule has 0 saturated carbocycles. The smallest absolute Gasteiger partial charge is 0.376 e. The zero-order valence-electron chi connectivity index (χ0n) is 15.0. The normalized spacial score (nSPS) is 15.8. The molecule has 1 aliphatic rings. The summed E-state index contributed by atoms with van der Waals surface area (Å²) in [5.41, 5.74) is 0.500. The van der Waals surface area contributed by atoms with E-state index in [1.807, 2.05) is 17.0 Å². The van der Waals surface area contributed by atoms with E-state index >= 15 is 0 Å². The number of carbonyl (C=O) groups excluding carboxylic acids is 1. The Morgan fingerprint density at radius 1 is 1.46 bits per heavy atom. The van der Waals surface area contributed by atoms with Gasteiger partial charge in [-0.3, -0.25) is 10.1 Å². The molecule has 0 aromatic heterocycles. The number of ether oxygens (including phenoxy) is 2. The van der Waals surface area contributed by atoms with Crippen molar-refractivity contribution in [3.05, 3.63) is 40.0 Å². The highest BCUT2D eigenvalue weighted by Gasteiger charge is 2.22. The van der Waals surface area contributed by atoms with E-state index in [-0.39, 0.29) is 18.0 Å². The third-order valence-electron chi connectivity index (χ3n) is 4.42. The summed E-state index contributed by atoms with van der Waals surface area (Å²) in [6.45, 7) is 3.04. The monoisotopic (exact) mass is 362 g/mol. The zero-order valence-corrected chi connectivity index (χ0v) is 15.0. The molecule has 0 spiro atoms. The molecule has 1 aromatic carbocycles. The van der Waals surface area contributed by atoms with Crippen LogP contribution in [-0.2, 0) is 9.53 Å². The first kappa shape index (κ1) is 19.9. The molecule has 0 radical (unpaired) electrons. The van der Waals surface area contributed by atoms with Crippen molar-refractivity contribution < 1.29 is 24.2 Å². The molecule has 2 rings (SSSR count). The lowest BCUT2D eigenvalue weighted by Crippen LogP contribution is -2.42. The van der Waals surface area contributed by atoms with Gasteiger partial charge < -0.3 is 19.3 Å². The van der Waals surface area contributed by atoms with Crippen molar-refractivity contribution in [2.24, 2.45) is 5.92 Å². The largest absolute Gasteiger partial charge is 0.475 e. The summed E-state index contributed by atoms with van der Waals surface area (Å²) >= 11 is 0. The Kier molecular flexibility index (Phi) is 7.17. The highest BCUT2D eigenvalue weighted by atomic mass is 16.6. The van der Waals surface area contributed by atoms with Crippen LogP contribution in [0.3, 0.4) is 0 Å². The molecule has 1 heterocycles. The van der Waals surface area contributed by atoms with Gasteiger partial charge in [-0.2, -0.15) is 0 Å². The van der Waals surface area contributed by atoms with Gasteiger partial charge in [-0.1, -0.05) is 18.2 Å². The molecule has 1 aromatic rings. The predicted octanol–water partition coefficient (Wildman–Crippen LogP) is 1.98. The number of piperidine rings is 1. The quantitative estimate of drug-likeness (QED) is 0.342. The minimum Gasteiger partial charge on any atom is -0.475 e. The minimum absolute atomic E-state index is 0.0304. The van der Waals surface area contributed by atoms with E-state index in [9.17, 15) is 19.9 Å². The van der Waals surface area contributed by atoms with Gasteiger partial charge >= 0.3 is 18.7 Å². The number of nitro groups is 1. The number of allylic oxidation sites excluding steroid dienone is 1. The Morgan fingerprint density at radius 2 is 2.15 bits per heavy atom. The highest BCUT2D eigenvalue weighted by Crippen LogP contribution is 2.29. The van der Waals surface area contributed by atoms with Gasteiger partial charge in [0.25, 0.3) is 0 Å². The van der Waals surface area contributed by atoms with Gasteiger partial charge in [0.05, 0.1) is 12.0 Å². The van der Waals surface area contributed by atoms with Gasteiger partial charge in [-0.15, -0.1) is 0 Å². The first-order chi connectivity index (χ1) is 12.4. The van der Waals surface area contributed by atoms with E-state index < -0.39 is 17.9 Å². The summed E-state index contributed by atoms with van der Waals surface area (Å²) in [4.78, 5) is 23.9. The van der Waals surface area contributed by atoms with Crippen molar-refractivity contribution in [1.82, 2.24) is 4.81 Å². The van der Waals surface area contributed by atoms with Crippen LogP contribution >= 0.6 is 0 Å². The summed E-state index contributed by atoms with van der Waals surface area (Å²) in [6, 6.07) is 4.62. The van der Waals surface area contributed by atoms with Crippen LogP contribution in [0.25, 0.3) is 6.08 Å². The SMILES string of the molecule is COC(=O)COc1ccc(C=CC2CCN(B(C)O)CC2)cc1[N+](=O)[O-]. The number of hydrogen-bond acceptors (Lipinski definition) is 7. The number of esters is 1. The number of methoxy groups -OCH3 is 1. The minimum atomic E-state index is -0.605. The maximum Gasteiger partial charge on any atom is 0.376 e. The molecule has 0 atom stereocenters. The van der Waals surface area contributed by atoms with Gasteiger partial charge in [0.15, 0.2) is 12.4 Å². The van der Waals surface area contributed by atoms with Gasteiger partial charge in [0.2, 0.25) is 0 Å². The topological polar surface area (TPSA) is 102 Å². The van der Waals surface area contributed by atoms with Crippen LogP contribution in [0.1, 0.15) is 18.4 Å². The van der Waals surface area contributed by atoms with Crippen molar-refractivity contribution in [1.29, 1.82) is 0 Å². The number of carbonyl (C=O) groups is 1. The lowest BCUT2D eigenvalue weighted by molar-refractivity contribution is -0.385. The molecule has 8 nitrogen and oxygen atoms in total. The van der Waals surface area contributed by atoms with Crippen LogP contribution in [0.15, 0.2) is 24.3 Å². The van der Waals surface area contributed by atoms with Crippen LogP contribution in [0, 0.1) is 16.0 Å². The number of nitro benzene ring substituents is 1. The summed E-state index contributed by atoms with van der Waals surface area (Å²) < 4.78 is 9.63. The lowest BCUT2D eigenvalue weighted by atomic mass is 9.81. The van der Waals surface area contributed by atoms with Crippen LogP contribution in [-0.4, -0.2) is 54.6 Å². The van der Waals surface area contributed by atoms with E-state index in [2.05, 4.69) is 4.74 Å². The zero-order chi connectivity index (χ0) is 19.1. The van der Waals surface area contributed by atoms with Crippen LogP contribution in [0.2, 0.25) is 6.82 Å². The molecule has 0 amide bonds. The second-order valence-electron chi connectivity index (χ2n) is 6.21. The number of nitrogens with zero attached hydrogens (tertiary/aromatic N) is 2. The average Bonchev–Trinajstić information content (AvgIpc) is 2.64. The number of benzene rings is 1. The van der Waals surface area contributed by atoms with Crippen molar-refractivity contribution in [2.45, 2.75) is 19.7 Å². The third kappa shape index (κ3) is 5.57. The summed E-state index contributed by atoms with van der Waals surface area (Å²) in [7, 11) is 0.791. The molecular weight excluding hydrogens is 339 g/mol. The van der Waals surface area contributed by atoms with E-state index in [1.165, 1.54) is 19.2 Å². The highest BCUT2D eigenvalue weighted by molar-refractivity contribution is 6.45. The Balaban J connectivity index is 2.02. The van der Waals surface area contributed by atoms with Crippen LogP contribution < -0.4 is 4.74 Å². The maximum atomic E-state index is 11.3. The predicted molar refractivity (Wildman–Crippen MR) is 97.8 cm³/mol. The first-order valence-corrected chi connectivity index (χ1v) is 8.49. The Labute approximate surface area is 152 Å². The summed E-state index contributed by atoms with van der Waals surface area (Å²) in [6.07, 6.45) is 5.78. The van der Waals surface area contributed by atoms with E-state index in [4.69, 9.17) is 4.74 Å². The third-order valence-corrected chi connectivity index (χ3v) is 4.42. The molecule has 26 heavy (non-hydrogen) atoms. The first-order valence-electron chi connectivity index (χ1n) is 8.49. The fourth-order valence-corrected chi connectivity index (χ4v) is 2.83. The molecule has 140 valence electrons. The molecule has 1 fully saturated rings. The molecule has 1 aliphatic heterocycles. The van der Waals surface area contributed by atoms with Crippen molar-refractivity contribution in [2.75, 3.05) is 26.8 Å². The molecule has 9 heteroatoms. The molecular formula is C17H23BN2O6. The second-order valence-corrected chi connectivity index (χ2v) is 6.21. The fraction of sp³-hybridized carbons (Fsp3) is 0.471. The van der Waals surface area contributed by atoms with Crippen molar-refractivity contribution >= 4 is 24.8 Å². The summed E-state index contributed by atoms with van der Waals surface area (Å²) in [5.74, 6) is -0.200. The molecule has 1 saturated heterocycles. The molecule has 0 bridgehead atoms. The molecule has 0 unspecified atom stereocenters. The number of rotatable bonds is 7. The molecule has 0 aliphatic carbocycles. The van der Waals surface area contributed by atoms with Gasteiger partial charge in [0.1, 0.15) is 0 Å². The summed E-state index contributed by atoms with van der Waals surface area (Å²) in [5, 5.41) is 20.8. The number of hydrogen-bond donors (Lipinski definition) is 1. The molecule has 1 N–H and O–H groups in total. The van der Waals surface area contributed by atoms with Gasteiger partial charge in [-0.05, 0) is 50.3 Å². The Bertz CT molecular complexity index is 671. The van der Waals surface area contributed by atoms with Crippen molar-refractivity contribution in [3.63, 3.8) is 0 Å². The fourth-order valence-electron chi connectivity index (χ4n) is 2.83.